The Bertz CT molecular complexity index is 557. The summed E-state index contributed by atoms with van der Waals surface area (Å²) in [6, 6.07) is 9.54. The van der Waals surface area contributed by atoms with E-state index in [2.05, 4.69) is 10.3 Å². The predicted molar refractivity (Wildman–Crippen MR) is 72.3 cm³/mol. The quantitative estimate of drug-likeness (QED) is 0.879. The lowest BCUT2D eigenvalue weighted by atomic mass is 10.1. The van der Waals surface area contributed by atoms with Crippen LogP contribution in [0.1, 0.15) is 17.2 Å². The van der Waals surface area contributed by atoms with Crippen molar-refractivity contribution >= 4 is 0 Å². The van der Waals surface area contributed by atoms with Crippen LogP contribution in [0.2, 0.25) is 0 Å². The van der Waals surface area contributed by atoms with E-state index in [1.807, 2.05) is 30.6 Å². The molecule has 4 heteroatoms. The SMILES string of the molecule is Oc1ccc2c(c1)OCC2NCCc1ccncc1. The normalized spacial score (nSPS) is 16.9. The van der Waals surface area contributed by atoms with E-state index in [9.17, 15) is 5.11 Å². The molecule has 19 heavy (non-hydrogen) atoms. The van der Waals surface area contributed by atoms with E-state index in [0.717, 1.165) is 24.3 Å². The van der Waals surface area contributed by atoms with Gasteiger partial charge in [0.05, 0.1) is 6.04 Å². The number of hydrogen-bond donors (Lipinski definition) is 2. The molecule has 1 aromatic heterocycles. The van der Waals surface area contributed by atoms with Crippen LogP contribution >= 0.6 is 0 Å². The minimum atomic E-state index is 0.206. The smallest absolute Gasteiger partial charge is 0.127 e. The van der Waals surface area contributed by atoms with E-state index in [1.54, 1.807) is 12.1 Å². The summed E-state index contributed by atoms with van der Waals surface area (Å²) >= 11 is 0. The first-order valence-corrected chi connectivity index (χ1v) is 6.41. The van der Waals surface area contributed by atoms with E-state index >= 15 is 0 Å². The molecule has 1 aromatic carbocycles. The molecule has 2 aromatic rings. The fourth-order valence-electron chi connectivity index (χ4n) is 2.31. The molecule has 0 saturated carbocycles. The fraction of sp³-hybridized carbons (Fsp3) is 0.267. The zero-order valence-corrected chi connectivity index (χ0v) is 10.5. The number of aromatic nitrogens is 1. The highest BCUT2D eigenvalue weighted by Gasteiger charge is 2.23. The lowest BCUT2D eigenvalue weighted by Crippen LogP contribution is -2.24. The Morgan fingerprint density at radius 2 is 2.11 bits per heavy atom. The largest absolute Gasteiger partial charge is 0.508 e. The summed E-state index contributed by atoms with van der Waals surface area (Å²) in [6.07, 6.45) is 4.59. The first kappa shape index (κ1) is 12.0. The van der Waals surface area contributed by atoms with Gasteiger partial charge >= 0.3 is 0 Å². The highest BCUT2D eigenvalue weighted by atomic mass is 16.5. The maximum atomic E-state index is 9.40. The molecule has 0 radical (unpaired) electrons. The lowest BCUT2D eigenvalue weighted by molar-refractivity contribution is 0.311. The van der Waals surface area contributed by atoms with Gasteiger partial charge in [-0.3, -0.25) is 4.98 Å². The third-order valence-electron chi connectivity index (χ3n) is 3.33. The minimum absolute atomic E-state index is 0.206. The number of benzene rings is 1. The van der Waals surface area contributed by atoms with E-state index in [0.29, 0.717) is 6.61 Å². The second kappa shape index (κ2) is 5.28. The molecule has 1 unspecified atom stereocenters. The Hall–Kier alpha value is -2.07. The van der Waals surface area contributed by atoms with Crippen molar-refractivity contribution in [3.8, 4) is 11.5 Å². The average Bonchev–Trinajstić information content (AvgIpc) is 2.82. The molecule has 0 saturated heterocycles. The van der Waals surface area contributed by atoms with Crippen LogP contribution in [0.4, 0.5) is 0 Å². The van der Waals surface area contributed by atoms with Gasteiger partial charge in [0.25, 0.3) is 0 Å². The van der Waals surface area contributed by atoms with Crippen LogP contribution in [-0.4, -0.2) is 23.2 Å². The van der Waals surface area contributed by atoms with Gasteiger partial charge in [0.15, 0.2) is 0 Å². The van der Waals surface area contributed by atoms with E-state index in [-0.39, 0.29) is 11.8 Å². The van der Waals surface area contributed by atoms with Crippen LogP contribution < -0.4 is 10.1 Å². The number of hydrogen-bond acceptors (Lipinski definition) is 4. The number of rotatable bonds is 4. The highest BCUT2D eigenvalue weighted by molar-refractivity contribution is 5.44. The van der Waals surface area contributed by atoms with Gasteiger partial charge in [-0.25, -0.2) is 0 Å². The Morgan fingerprint density at radius 1 is 1.26 bits per heavy atom. The van der Waals surface area contributed by atoms with Crippen molar-refractivity contribution in [3.63, 3.8) is 0 Å². The maximum Gasteiger partial charge on any atom is 0.127 e. The Morgan fingerprint density at radius 3 is 2.95 bits per heavy atom. The molecule has 0 amide bonds. The molecule has 1 aliphatic rings. The van der Waals surface area contributed by atoms with Crippen LogP contribution in [0.25, 0.3) is 0 Å². The van der Waals surface area contributed by atoms with Crippen LogP contribution in [0.5, 0.6) is 11.5 Å². The molecule has 0 aliphatic carbocycles. The van der Waals surface area contributed by atoms with Gasteiger partial charge in [0.1, 0.15) is 18.1 Å². The van der Waals surface area contributed by atoms with E-state index in [4.69, 9.17) is 4.74 Å². The second-order valence-corrected chi connectivity index (χ2v) is 4.65. The molecular formula is C15H16N2O2. The molecule has 2 N–H and O–H groups in total. The molecule has 4 nitrogen and oxygen atoms in total. The van der Waals surface area contributed by atoms with Gasteiger partial charge in [-0.1, -0.05) is 0 Å². The van der Waals surface area contributed by atoms with Crippen LogP contribution in [-0.2, 0) is 6.42 Å². The second-order valence-electron chi connectivity index (χ2n) is 4.65. The van der Waals surface area contributed by atoms with E-state index < -0.39 is 0 Å². The Kier molecular flexibility index (Phi) is 3.33. The first-order valence-electron chi connectivity index (χ1n) is 6.41. The molecular weight excluding hydrogens is 240 g/mol. The number of fused-ring (bicyclic) bond motifs is 1. The average molecular weight is 256 g/mol. The summed E-state index contributed by atoms with van der Waals surface area (Å²) in [5, 5.41) is 12.9. The summed E-state index contributed by atoms with van der Waals surface area (Å²) in [4.78, 5) is 4.00. The number of nitrogens with one attached hydrogen (secondary N) is 1. The molecule has 3 rings (SSSR count). The Balaban J connectivity index is 1.58. The number of phenols is 1. The summed E-state index contributed by atoms with van der Waals surface area (Å²) in [5.74, 6) is 1.03. The predicted octanol–water partition coefficient (Wildman–Crippen LogP) is 2.05. The molecule has 0 fully saturated rings. The molecule has 98 valence electrons. The number of phenolic OH excluding ortho intramolecular Hbond substituents is 1. The standard InChI is InChI=1S/C15H16N2O2/c18-12-1-2-13-14(10-19-15(13)9-12)17-8-5-11-3-6-16-7-4-11/h1-4,6-7,9,14,17-18H,5,8,10H2. The maximum absolute atomic E-state index is 9.40. The molecule has 1 atom stereocenters. The van der Waals surface area contributed by atoms with Gasteiger partial charge in [0.2, 0.25) is 0 Å². The van der Waals surface area contributed by atoms with Crippen molar-refractivity contribution in [2.45, 2.75) is 12.5 Å². The van der Waals surface area contributed by atoms with Crippen molar-refractivity contribution in [2.24, 2.45) is 0 Å². The van der Waals surface area contributed by atoms with Gasteiger partial charge in [-0.15, -0.1) is 0 Å². The van der Waals surface area contributed by atoms with Crippen molar-refractivity contribution in [3.05, 3.63) is 53.9 Å². The summed E-state index contributed by atoms with van der Waals surface area (Å²) < 4.78 is 5.56. The zero-order valence-electron chi connectivity index (χ0n) is 10.5. The van der Waals surface area contributed by atoms with Crippen LogP contribution in [0.3, 0.4) is 0 Å². The number of pyridine rings is 1. The topological polar surface area (TPSA) is 54.4 Å². The van der Waals surface area contributed by atoms with Crippen molar-refractivity contribution in [1.29, 1.82) is 0 Å². The first-order chi connectivity index (χ1) is 9.33. The minimum Gasteiger partial charge on any atom is -0.508 e. The van der Waals surface area contributed by atoms with Gasteiger partial charge in [-0.05, 0) is 42.8 Å². The highest BCUT2D eigenvalue weighted by Crippen LogP contribution is 2.34. The van der Waals surface area contributed by atoms with Crippen LogP contribution in [0.15, 0.2) is 42.7 Å². The third-order valence-corrected chi connectivity index (χ3v) is 3.33. The number of aromatic hydroxyl groups is 1. The molecule has 2 heterocycles. The van der Waals surface area contributed by atoms with E-state index in [1.165, 1.54) is 5.56 Å². The van der Waals surface area contributed by atoms with Crippen molar-refractivity contribution in [2.75, 3.05) is 13.2 Å². The summed E-state index contributed by atoms with van der Waals surface area (Å²) in [7, 11) is 0. The zero-order chi connectivity index (χ0) is 13.1. The van der Waals surface area contributed by atoms with Crippen molar-refractivity contribution < 1.29 is 9.84 Å². The third kappa shape index (κ3) is 2.69. The lowest BCUT2D eigenvalue weighted by Gasteiger charge is -2.11. The molecule has 0 spiro atoms. The molecule has 0 bridgehead atoms. The number of ether oxygens (including phenoxy) is 1. The van der Waals surface area contributed by atoms with Gasteiger partial charge in [-0.2, -0.15) is 0 Å². The van der Waals surface area contributed by atoms with Crippen molar-refractivity contribution in [1.82, 2.24) is 10.3 Å². The van der Waals surface area contributed by atoms with Gasteiger partial charge in [0, 0.05) is 24.0 Å². The monoisotopic (exact) mass is 256 g/mol. The summed E-state index contributed by atoms with van der Waals surface area (Å²) in [5.41, 5.74) is 2.39. The fourth-order valence-corrected chi connectivity index (χ4v) is 2.31. The number of nitrogens with zero attached hydrogens (tertiary/aromatic N) is 1. The van der Waals surface area contributed by atoms with Gasteiger partial charge < -0.3 is 15.2 Å². The van der Waals surface area contributed by atoms with Crippen LogP contribution in [0, 0.1) is 0 Å². The molecule has 1 aliphatic heterocycles. The summed E-state index contributed by atoms with van der Waals surface area (Å²) in [6.45, 7) is 1.51. The Labute approximate surface area is 112 Å².